The molecule has 1 aromatic carbocycles. The van der Waals surface area contributed by atoms with Gasteiger partial charge >= 0.3 is 0 Å². The molecule has 0 saturated carbocycles. The van der Waals surface area contributed by atoms with Crippen LogP contribution in [0.1, 0.15) is 17.7 Å². The summed E-state index contributed by atoms with van der Waals surface area (Å²) in [6.45, 7) is 1.85. The van der Waals surface area contributed by atoms with Crippen LogP contribution in [0.3, 0.4) is 0 Å². The van der Waals surface area contributed by atoms with Crippen molar-refractivity contribution < 1.29 is 17.3 Å². The van der Waals surface area contributed by atoms with Crippen LogP contribution >= 0.6 is 0 Å². The van der Waals surface area contributed by atoms with Crippen molar-refractivity contribution >= 4 is 10.0 Å². The molecule has 28 heavy (non-hydrogen) atoms. The SMILES string of the molecule is Cc1nc(-c2ccc(S(=O)(=O)NC[C@@H](c3ccco3)n3cccn3)cc2)co1. The summed E-state index contributed by atoms with van der Waals surface area (Å²) in [7, 11) is -3.71. The van der Waals surface area contributed by atoms with E-state index in [4.69, 9.17) is 8.83 Å². The molecule has 4 rings (SSSR count). The highest BCUT2D eigenvalue weighted by atomic mass is 32.2. The maximum atomic E-state index is 12.7. The van der Waals surface area contributed by atoms with Gasteiger partial charge in [0.1, 0.15) is 23.8 Å². The van der Waals surface area contributed by atoms with Gasteiger partial charge in [0, 0.05) is 31.4 Å². The van der Waals surface area contributed by atoms with Gasteiger partial charge in [-0.05, 0) is 30.3 Å². The van der Waals surface area contributed by atoms with E-state index in [1.54, 1.807) is 60.6 Å². The topological polar surface area (TPSA) is 103 Å². The van der Waals surface area contributed by atoms with Gasteiger partial charge in [-0.15, -0.1) is 0 Å². The number of nitrogens with one attached hydrogen (secondary N) is 1. The molecule has 0 aliphatic carbocycles. The molecule has 0 spiro atoms. The normalized spacial score (nSPS) is 12.9. The van der Waals surface area contributed by atoms with E-state index in [9.17, 15) is 8.42 Å². The Hall–Kier alpha value is -3.17. The summed E-state index contributed by atoms with van der Waals surface area (Å²) in [4.78, 5) is 4.40. The molecule has 3 aromatic heterocycles. The van der Waals surface area contributed by atoms with E-state index in [1.165, 1.54) is 18.4 Å². The maximum Gasteiger partial charge on any atom is 0.240 e. The number of hydrogen-bond acceptors (Lipinski definition) is 6. The fraction of sp³-hybridized carbons (Fsp3) is 0.158. The van der Waals surface area contributed by atoms with Gasteiger partial charge in [0.15, 0.2) is 5.89 Å². The Balaban J connectivity index is 1.52. The first-order valence-electron chi connectivity index (χ1n) is 8.58. The summed E-state index contributed by atoms with van der Waals surface area (Å²) in [5.41, 5.74) is 1.44. The van der Waals surface area contributed by atoms with E-state index >= 15 is 0 Å². The highest BCUT2D eigenvalue weighted by Crippen LogP contribution is 2.22. The lowest BCUT2D eigenvalue weighted by Crippen LogP contribution is -2.31. The van der Waals surface area contributed by atoms with Crippen molar-refractivity contribution in [2.45, 2.75) is 17.9 Å². The van der Waals surface area contributed by atoms with Gasteiger partial charge in [0.25, 0.3) is 0 Å². The Morgan fingerprint density at radius 3 is 2.57 bits per heavy atom. The molecule has 8 nitrogen and oxygen atoms in total. The number of benzene rings is 1. The Kier molecular flexibility index (Phi) is 4.84. The second kappa shape index (κ2) is 7.45. The van der Waals surface area contributed by atoms with E-state index in [0.717, 1.165) is 5.56 Å². The summed E-state index contributed by atoms with van der Waals surface area (Å²) in [6, 6.07) is 11.4. The van der Waals surface area contributed by atoms with E-state index in [2.05, 4.69) is 14.8 Å². The lowest BCUT2D eigenvalue weighted by Gasteiger charge is -2.16. The highest BCUT2D eigenvalue weighted by molar-refractivity contribution is 7.89. The minimum Gasteiger partial charge on any atom is -0.467 e. The van der Waals surface area contributed by atoms with Gasteiger partial charge in [-0.2, -0.15) is 5.10 Å². The molecule has 0 aliphatic heterocycles. The predicted octanol–water partition coefficient (Wildman–Crippen LogP) is 3.01. The molecule has 0 saturated heterocycles. The summed E-state index contributed by atoms with van der Waals surface area (Å²) in [6.07, 6.45) is 6.48. The van der Waals surface area contributed by atoms with Crippen LogP contribution < -0.4 is 4.72 Å². The Bertz CT molecular complexity index is 1100. The first-order chi connectivity index (χ1) is 13.5. The number of rotatable bonds is 7. The third-order valence-corrected chi connectivity index (χ3v) is 5.70. The Morgan fingerprint density at radius 2 is 1.96 bits per heavy atom. The molecular weight excluding hydrogens is 380 g/mol. The molecule has 1 atom stereocenters. The van der Waals surface area contributed by atoms with Crippen molar-refractivity contribution in [3.63, 3.8) is 0 Å². The summed E-state index contributed by atoms with van der Waals surface area (Å²) in [5, 5.41) is 4.20. The zero-order chi connectivity index (χ0) is 19.6. The summed E-state index contributed by atoms with van der Waals surface area (Å²) >= 11 is 0. The van der Waals surface area contributed by atoms with Crippen molar-refractivity contribution in [1.82, 2.24) is 19.5 Å². The number of nitrogens with zero attached hydrogens (tertiary/aromatic N) is 3. The van der Waals surface area contributed by atoms with Crippen molar-refractivity contribution in [3.05, 3.63) is 79.0 Å². The third kappa shape index (κ3) is 3.75. The number of aryl methyl sites for hydroxylation is 1. The van der Waals surface area contributed by atoms with Crippen LogP contribution in [0, 0.1) is 6.92 Å². The fourth-order valence-electron chi connectivity index (χ4n) is 2.84. The maximum absolute atomic E-state index is 12.7. The van der Waals surface area contributed by atoms with Crippen LogP contribution in [0.2, 0.25) is 0 Å². The lowest BCUT2D eigenvalue weighted by atomic mass is 10.2. The van der Waals surface area contributed by atoms with Crippen LogP contribution in [0.15, 0.2) is 81.1 Å². The monoisotopic (exact) mass is 398 g/mol. The van der Waals surface area contributed by atoms with Crippen molar-refractivity contribution in [1.29, 1.82) is 0 Å². The Morgan fingerprint density at radius 1 is 1.14 bits per heavy atom. The van der Waals surface area contributed by atoms with Crippen LogP contribution in [-0.4, -0.2) is 29.7 Å². The van der Waals surface area contributed by atoms with Gasteiger partial charge in [-0.1, -0.05) is 12.1 Å². The summed E-state index contributed by atoms with van der Waals surface area (Å²) < 4.78 is 40.4. The Labute approximate surface area is 161 Å². The van der Waals surface area contributed by atoms with E-state index in [-0.39, 0.29) is 11.4 Å². The predicted molar refractivity (Wildman–Crippen MR) is 101 cm³/mol. The number of oxazole rings is 1. The third-order valence-electron chi connectivity index (χ3n) is 4.26. The zero-order valence-corrected chi connectivity index (χ0v) is 15.8. The highest BCUT2D eigenvalue weighted by Gasteiger charge is 2.21. The molecule has 144 valence electrons. The second-order valence-corrected chi connectivity index (χ2v) is 7.91. The number of furan rings is 1. The molecular formula is C19H18N4O4S. The van der Waals surface area contributed by atoms with Gasteiger partial charge < -0.3 is 8.83 Å². The second-order valence-electron chi connectivity index (χ2n) is 6.15. The van der Waals surface area contributed by atoms with Crippen LogP contribution in [0.4, 0.5) is 0 Å². The van der Waals surface area contributed by atoms with Crippen molar-refractivity contribution in [3.8, 4) is 11.3 Å². The quantitative estimate of drug-likeness (QED) is 0.513. The zero-order valence-electron chi connectivity index (χ0n) is 15.0. The number of sulfonamides is 1. The molecule has 4 aromatic rings. The van der Waals surface area contributed by atoms with Gasteiger partial charge in [-0.3, -0.25) is 4.68 Å². The average molecular weight is 398 g/mol. The summed E-state index contributed by atoms with van der Waals surface area (Å²) in [5.74, 6) is 1.17. The molecule has 0 aliphatic rings. The van der Waals surface area contributed by atoms with Gasteiger partial charge in [0.05, 0.1) is 11.2 Å². The van der Waals surface area contributed by atoms with Crippen LogP contribution in [-0.2, 0) is 10.0 Å². The largest absolute Gasteiger partial charge is 0.467 e. The molecule has 1 N–H and O–H groups in total. The molecule has 0 radical (unpaired) electrons. The minimum absolute atomic E-state index is 0.0990. The van der Waals surface area contributed by atoms with Crippen molar-refractivity contribution in [2.75, 3.05) is 6.54 Å². The van der Waals surface area contributed by atoms with E-state index in [1.807, 2.05) is 0 Å². The first-order valence-corrected chi connectivity index (χ1v) is 10.1. The molecule has 9 heteroatoms. The smallest absolute Gasteiger partial charge is 0.240 e. The van der Waals surface area contributed by atoms with Crippen LogP contribution in [0.5, 0.6) is 0 Å². The fourth-order valence-corrected chi connectivity index (χ4v) is 3.88. The van der Waals surface area contributed by atoms with Gasteiger partial charge in [0.2, 0.25) is 10.0 Å². The van der Waals surface area contributed by atoms with E-state index < -0.39 is 16.1 Å². The standard InChI is InChI=1S/C19H18N4O4S/c1-14-22-17(13-27-14)15-5-7-16(8-6-15)28(24,25)21-12-18(19-4-2-11-26-19)23-10-3-9-20-23/h2-11,13,18,21H,12H2,1H3/t18-/m0/s1. The number of hydrogen-bond donors (Lipinski definition) is 1. The van der Waals surface area contributed by atoms with E-state index in [0.29, 0.717) is 17.3 Å². The molecule has 3 heterocycles. The number of aromatic nitrogens is 3. The molecule has 0 fully saturated rings. The molecule has 0 amide bonds. The van der Waals surface area contributed by atoms with Gasteiger partial charge in [-0.25, -0.2) is 18.1 Å². The van der Waals surface area contributed by atoms with Crippen LogP contribution in [0.25, 0.3) is 11.3 Å². The minimum atomic E-state index is -3.71. The average Bonchev–Trinajstić information content (AvgIpc) is 3.45. The first kappa shape index (κ1) is 18.2. The van der Waals surface area contributed by atoms with Crippen molar-refractivity contribution in [2.24, 2.45) is 0 Å². The molecule has 0 bridgehead atoms. The lowest BCUT2D eigenvalue weighted by molar-refractivity contribution is 0.402. The molecule has 0 unspecified atom stereocenters.